The van der Waals surface area contributed by atoms with Crippen molar-refractivity contribution in [3.05, 3.63) is 104 Å². The molecule has 0 saturated carbocycles. The zero-order valence-corrected chi connectivity index (χ0v) is 20.8. The molecule has 0 fully saturated rings. The average Bonchev–Trinajstić information content (AvgIpc) is 3.31. The van der Waals surface area contributed by atoms with Crippen molar-refractivity contribution in [1.29, 1.82) is 0 Å². The lowest BCUT2D eigenvalue weighted by molar-refractivity contribution is 0.807. The van der Waals surface area contributed by atoms with Crippen LogP contribution in [0.25, 0.3) is 33.3 Å². The summed E-state index contributed by atoms with van der Waals surface area (Å²) in [7, 11) is 1.69. The first-order chi connectivity index (χ1) is 17.5. The summed E-state index contributed by atoms with van der Waals surface area (Å²) >= 11 is 1.42. The lowest BCUT2D eigenvalue weighted by atomic mass is 10.1. The fraction of sp³-hybridized carbons (Fsp3) is 0.148. The summed E-state index contributed by atoms with van der Waals surface area (Å²) in [6, 6.07) is 20.8. The van der Waals surface area contributed by atoms with Crippen molar-refractivity contribution in [1.82, 2.24) is 28.7 Å². The van der Waals surface area contributed by atoms with E-state index < -0.39 is 0 Å². The Morgan fingerprint density at radius 2 is 1.50 bits per heavy atom. The second kappa shape index (κ2) is 8.46. The highest BCUT2D eigenvalue weighted by atomic mass is 32.2. The molecule has 0 spiro atoms. The maximum Gasteiger partial charge on any atom is 0.266 e. The number of benzene rings is 3. The van der Waals surface area contributed by atoms with Crippen molar-refractivity contribution in [2.24, 2.45) is 7.05 Å². The first kappa shape index (κ1) is 22.2. The van der Waals surface area contributed by atoms with Crippen molar-refractivity contribution < 1.29 is 0 Å². The van der Waals surface area contributed by atoms with Crippen LogP contribution in [-0.4, -0.2) is 28.7 Å². The number of fused-ring (bicyclic) bond motifs is 4. The quantitative estimate of drug-likeness (QED) is 0.270. The van der Waals surface area contributed by atoms with Gasteiger partial charge in [0.15, 0.2) is 5.16 Å². The Labute approximate surface area is 209 Å². The van der Waals surface area contributed by atoms with Crippen LogP contribution in [0.3, 0.4) is 0 Å². The Balaban J connectivity index is 1.54. The van der Waals surface area contributed by atoms with Gasteiger partial charge in [0.1, 0.15) is 5.82 Å². The van der Waals surface area contributed by atoms with Gasteiger partial charge >= 0.3 is 0 Å². The smallest absolute Gasteiger partial charge is 0.266 e. The lowest BCUT2D eigenvalue weighted by Crippen LogP contribution is -2.23. The van der Waals surface area contributed by atoms with Gasteiger partial charge in [0.2, 0.25) is 5.78 Å². The minimum atomic E-state index is -0.121. The first-order valence-corrected chi connectivity index (χ1v) is 12.5. The van der Waals surface area contributed by atoms with E-state index in [9.17, 15) is 9.59 Å². The van der Waals surface area contributed by atoms with Gasteiger partial charge < -0.3 is 0 Å². The van der Waals surface area contributed by atoms with Gasteiger partial charge in [-0.15, -0.1) is 10.2 Å². The Hall–Kier alpha value is -4.24. The fourth-order valence-corrected chi connectivity index (χ4v) is 5.59. The highest BCUT2D eigenvalue weighted by molar-refractivity contribution is 7.98. The van der Waals surface area contributed by atoms with Crippen LogP contribution in [0.2, 0.25) is 0 Å². The highest BCUT2D eigenvalue weighted by Crippen LogP contribution is 2.28. The molecular weight excluding hydrogens is 472 g/mol. The summed E-state index contributed by atoms with van der Waals surface area (Å²) < 4.78 is 5.10. The predicted octanol–water partition coefficient (Wildman–Crippen LogP) is 4.19. The van der Waals surface area contributed by atoms with Crippen LogP contribution in [0.4, 0.5) is 0 Å². The summed E-state index contributed by atoms with van der Waals surface area (Å²) in [6.07, 6.45) is 0. The molecule has 6 rings (SSSR count). The van der Waals surface area contributed by atoms with Gasteiger partial charge in [-0.2, -0.15) is 0 Å². The molecule has 0 radical (unpaired) electrons. The summed E-state index contributed by atoms with van der Waals surface area (Å²) in [4.78, 5) is 31.4. The average molecular weight is 495 g/mol. The maximum atomic E-state index is 13.7. The van der Waals surface area contributed by atoms with Gasteiger partial charge in [-0.1, -0.05) is 54.2 Å². The van der Waals surface area contributed by atoms with Crippen molar-refractivity contribution in [3.63, 3.8) is 0 Å². The summed E-state index contributed by atoms with van der Waals surface area (Å²) in [5, 5.41) is 10.4. The van der Waals surface area contributed by atoms with E-state index in [0.717, 1.165) is 22.3 Å². The number of rotatable bonds is 4. The Bertz CT molecular complexity index is 1920. The molecule has 36 heavy (non-hydrogen) atoms. The molecule has 3 aromatic carbocycles. The monoisotopic (exact) mass is 494 g/mol. The molecule has 0 saturated heterocycles. The molecule has 0 atom stereocenters. The number of thioether (sulfide) groups is 1. The number of aryl methyl sites for hydroxylation is 3. The number of nitrogens with zero attached hydrogens (tertiary/aromatic N) is 6. The van der Waals surface area contributed by atoms with Gasteiger partial charge in [-0.25, -0.2) is 4.98 Å². The Morgan fingerprint density at radius 3 is 2.28 bits per heavy atom. The molecule has 3 heterocycles. The van der Waals surface area contributed by atoms with E-state index in [4.69, 9.17) is 4.98 Å². The van der Waals surface area contributed by atoms with Crippen LogP contribution in [-0.2, 0) is 12.8 Å². The molecule has 9 heteroatoms. The first-order valence-electron chi connectivity index (χ1n) is 11.5. The Kier molecular flexibility index (Phi) is 5.22. The molecule has 0 N–H and O–H groups in total. The standard InChI is InChI=1S/C27H22N6O2S/c1-16-9-8-10-17(2)23(16)33-25(35)18-11-4-6-13-20(18)28-27(33)36-15-22-29-30-26-31(3)24(34)19-12-5-7-14-21(19)32(22)26/h4-14H,15H2,1-3H3. The third-order valence-electron chi connectivity index (χ3n) is 6.43. The van der Waals surface area contributed by atoms with Crippen molar-refractivity contribution >= 4 is 39.3 Å². The minimum absolute atomic E-state index is 0.112. The van der Waals surface area contributed by atoms with Crippen LogP contribution in [0.5, 0.6) is 0 Å². The Morgan fingerprint density at radius 1 is 0.806 bits per heavy atom. The zero-order chi connectivity index (χ0) is 25.0. The van der Waals surface area contributed by atoms with Crippen LogP contribution in [0.1, 0.15) is 17.0 Å². The molecule has 3 aromatic heterocycles. The van der Waals surface area contributed by atoms with Crippen LogP contribution < -0.4 is 11.1 Å². The highest BCUT2D eigenvalue weighted by Gasteiger charge is 2.19. The summed E-state index contributed by atoms with van der Waals surface area (Å²) in [5.74, 6) is 1.53. The van der Waals surface area contributed by atoms with E-state index in [1.165, 1.54) is 16.3 Å². The van der Waals surface area contributed by atoms with E-state index in [1.807, 2.05) is 78.9 Å². The molecule has 0 unspecified atom stereocenters. The molecule has 0 aliphatic rings. The number of aromatic nitrogens is 6. The third kappa shape index (κ3) is 3.35. The summed E-state index contributed by atoms with van der Waals surface area (Å²) in [6.45, 7) is 3.99. The van der Waals surface area contributed by atoms with E-state index in [2.05, 4.69) is 10.2 Å². The van der Waals surface area contributed by atoms with E-state index in [1.54, 1.807) is 17.7 Å². The predicted molar refractivity (Wildman–Crippen MR) is 142 cm³/mol. The molecule has 0 amide bonds. The van der Waals surface area contributed by atoms with Crippen molar-refractivity contribution in [2.45, 2.75) is 24.8 Å². The SMILES string of the molecule is Cc1cccc(C)c1-n1c(SCc2nnc3n(C)c(=O)c4ccccc4n23)nc2ccccc2c1=O. The van der Waals surface area contributed by atoms with Gasteiger partial charge in [-0.05, 0) is 49.2 Å². The molecule has 0 aliphatic heterocycles. The summed E-state index contributed by atoms with van der Waals surface area (Å²) in [5.41, 5.74) is 3.97. The van der Waals surface area contributed by atoms with Gasteiger partial charge in [-0.3, -0.25) is 23.1 Å². The topological polar surface area (TPSA) is 87.1 Å². The molecule has 0 bridgehead atoms. The van der Waals surface area contributed by atoms with Gasteiger partial charge in [0.05, 0.1) is 33.2 Å². The normalized spacial score (nSPS) is 11.6. The lowest BCUT2D eigenvalue weighted by Gasteiger charge is -2.17. The van der Waals surface area contributed by atoms with E-state index in [-0.39, 0.29) is 11.1 Å². The number of hydrogen-bond donors (Lipinski definition) is 0. The molecule has 8 nitrogen and oxygen atoms in total. The molecule has 0 aliphatic carbocycles. The second-order valence-electron chi connectivity index (χ2n) is 8.71. The third-order valence-corrected chi connectivity index (χ3v) is 7.37. The number of hydrogen-bond acceptors (Lipinski definition) is 6. The molecule has 6 aromatic rings. The van der Waals surface area contributed by atoms with Crippen LogP contribution in [0.15, 0.2) is 81.5 Å². The molecule has 178 valence electrons. The van der Waals surface area contributed by atoms with Gasteiger partial charge in [0, 0.05) is 7.05 Å². The maximum absolute atomic E-state index is 13.7. The zero-order valence-electron chi connectivity index (χ0n) is 20.0. The molecular formula is C27H22N6O2S. The van der Waals surface area contributed by atoms with Crippen molar-refractivity contribution in [2.75, 3.05) is 0 Å². The fourth-order valence-electron chi connectivity index (χ4n) is 4.68. The van der Waals surface area contributed by atoms with E-state index >= 15 is 0 Å². The second-order valence-corrected chi connectivity index (χ2v) is 9.66. The van der Waals surface area contributed by atoms with Gasteiger partial charge in [0.25, 0.3) is 11.1 Å². The minimum Gasteiger partial charge on any atom is -0.279 e. The largest absolute Gasteiger partial charge is 0.279 e. The van der Waals surface area contributed by atoms with E-state index in [0.29, 0.717) is 38.8 Å². The number of para-hydroxylation sites is 3. The van der Waals surface area contributed by atoms with Crippen LogP contribution >= 0.6 is 11.8 Å². The van der Waals surface area contributed by atoms with Crippen molar-refractivity contribution in [3.8, 4) is 5.69 Å². The van der Waals surface area contributed by atoms with Crippen LogP contribution in [0, 0.1) is 13.8 Å².